The minimum Gasteiger partial charge on any atom is -0.395 e. The van der Waals surface area contributed by atoms with Crippen molar-refractivity contribution in [3.05, 3.63) is 35.4 Å². The molecule has 0 aliphatic carbocycles. The van der Waals surface area contributed by atoms with Gasteiger partial charge in [0.25, 0.3) is 0 Å². The van der Waals surface area contributed by atoms with E-state index in [-0.39, 0.29) is 6.61 Å². The standard InChI is InChI=1S/C15H23NO/c1-13-5-7-14(8-6-13)11-15(12-17)16-9-3-2-4-10-16/h5-8,15,17H,2-4,9-12H2,1H3. The number of hydrogen-bond donors (Lipinski definition) is 1. The van der Waals surface area contributed by atoms with Crippen LogP contribution in [0.15, 0.2) is 24.3 Å². The van der Waals surface area contributed by atoms with Gasteiger partial charge >= 0.3 is 0 Å². The van der Waals surface area contributed by atoms with Crippen molar-refractivity contribution < 1.29 is 5.11 Å². The van der Waals surface area contributed by atoms with Crippen LogP contribution in [0.2, 0.25) is 0 Å². The Kier molecular flexibility index (Phi) is 4.57. The van der Waals surface area contributed by atoms with E-state index in [9.17, 15) is 5.11 Å². The first-order valence-corrected chi connectivity index (χ1v) is 6.70. The Bertz CT molecular complexity index is 327. The van der Waals surface area contributed by atoms with E-state index in [2.05, 4.69) is 36.1 Å². The molecule has 0 radical (unpaired) electrons. The minimum absolute atomic E-state index is 0.272. The predicted molar refractivity (Wildman–Crippen MR) is 71.2 cm³/mol. The molecule has 1 fully saturated rings. The molecule has 1 N–H and O–H groups in total. The lowest BCUT2D eigenvalue weighted by atomic mass is 10.0. The molecule has 1 aliphatic rings. The monoisotopic (exact) mass is 233 g/mol. The van der Waals surface area contributed by atoms with Crippen LogP contribution in [0.25, 0.3) is 0 Å². The Morgan fingerprint density at radius 2 is 1.76 bits per heavy atom. The van der Waals surface area contributed by atoms with E-state index in [1.165, 1.54) is 30.4 Å². The molecule has 17 heavy (non-hydrogen) atoms. The van der Waals surface area contributed by atoms with Crippen LogP contribution in [0.5, 0.6) is 0 Å². The topological polar surface area (TPSA) is 23.5 Å². The van der Waals surface area contributed by atoms with E-state index in [1.807, 2.05) is 0 Å². The molecule has 0 bridgehead atoms. The Hall–Kier alpha value is -0.860. The summed E-state index contributed by atoms with van der Waals surface area (Å²) in [5, 5.41) is 9.55. The van der Waals surface area contributed by atoms with E-state index in [0.29, 0.717) is 6.04 Å². The molecule has 1 atom stereocenters. The maximum absolute atomic E-state index is 9.55. The second-order valence-electron chi connectivity index (χ2n) is 5.12. The smallest absolute Gasteiger partial charge is 0.0590 e. The summed E-state index contributed by atoms with van der Waals surface area (Å²) in [7, 11) is 0. The number of aryl methyl sites for hydroxylation is 1. The molecule has 2 heteroatoms. The van der Waals surface area contributed by atoms with Gasteiger partial charge in [-0.3, -0.25) is 4.90 Å². The molecule has 0 amide bonds. The lowest BCUT2D eigenvalue weighted by molar-refractivity contribution is 0.104. The predicted octanol–water partition coefficient (Wildman–Crippen LogP) is 2.38. The molecular formula is C15H23NO. The van der Waals surface area contributed by atoms with Crippen LogP contribution in [0, 0.1) is 6.92 Å². The Labute approximate surface area is 104 Å². The van der Waals surface area contributed by atoms with E-state index < -0.39 is 0 Å². The van der Waals surface area contributed by atoms with Crippen molar-refractivity contribution in [2.75, 3.05) is 19.7 Å². The van der Waals surface area contributed by atoms with Gasteiger partial charge in [-0.25, -0.2) is 0 Å². The molecule has 0 spiro atoms. The van der Waals surface area contributed by atoms with Crippen molar-refractivity contribution >= 4 is 0 Å². The first kappa shape index (κ1) is 12.6. The lowest BCUT2D eigenvalue weighted by Gasteiger charge is -2.33. The molecule has 94 valence electrons. The molecule has 1 saturated heterocycles. The van der Waals surface area contributed by atoms with Crippen molar-refractivity contribution in [1.82, 2.24) is 4.90 Å². The highest BCUT2D eigenvalue weighted by molar-refractivity contribution is 5.22. The van der Waals surface area contributed by atoms with Crippen molar-refractivity contribution in [2.45, 2.75) is 38.6 Å². The fourth-order valence-corrected chi connectivity index (χ4v) is 2.59. The average Bonchev–Trinajstić information content (AvgIpc) is 2.39. The van der Waals surface area contributed by atoms with Crippen molar-refractivity contribution in [2.24, 2.45) is 0 Å². The summed E-state index contributed by atoms with van der Waals surface area (Å²) in [5.74, 6) is 0. The van der Waals surface area contributed by atoms with Gasteiger partial charge in [-0.15, -0.1) is 0 Å². The summed E-state index contributed by atoms with van der Waals surface area (Å²) in [6.07, 6.45) is 4.88. The summed E-state index contributed by atoms with van der Waals surface area (Å²) in [4.78, 5) is 2.45. The van der Waals surface area contributed by atoms with E-state index in [1.54, 1.807) is 0 Å². The van der Waals surface area contributed by atoms with Crippen molar-refractivity contribution in [1.29, 1.82) is 0 Å². The highest BCUT2D eigenvalue weighted by atomic mass is 16.3. The molecule has 1 aliphatic heterocycles. The maximum Gasteiger partial charge on any atom is 0.0590 e. The number of hydrogen-bond acceptors (Lipinski definition) is 2. The van der Waals surface area contributed by atoms with Gasteiger partial charge in [-0.1, -0.05) is 36.2 Å². The zero-order valence-corrected chi connectivity index (χ0v) is 10.7. The largest absolute Gasteiger partial charge is 0.395 e. The van der Waals surface area contributed by atoms with Crippen LogP contribution in [0.3, 0.4) is 0 Å². The van der Waals surface area contributed by atoms with Gasteiger partial charge in [0, 0.05) is 6.04 Å². The minimum atomic E-state index is 0.272. The molecular weight excluding hydrogens is 210 g/mol. The molecule has 2 rings (SSSR count). The molecule has 1 aromatic carbocycles. The third-order valence-electron chi connectivity index (χ3n) is 3.71. The van der Waals surface area contributed by atoms with Crippen LogP contribution < -0.4 is 0 Å². The fourth-order valence-electron chi connectivity index (χ4n) is 2.59. The number of rotatable bonds is 4. The second kappa shape index (κ2) is 6.18. The normalized spacial score (nSPS) is 19.2. The number of likely N-dealkylation sites (tertiary alicyclic amines) is 1. The molecule has 1 unspecified atom stereocenters. The van der Waals surface area contributed by atoms with Crippen LogP contribution in [0.1, 0.15) is 30.4 Å². The number of aliphatic hydroxyl groups is 1. The highest BCUT2D eigenvalue weighted by Gasteiger charge is 2.19. The van der Waals surface area contributed by atoms with Crippen LogP contribution in [-0.4, -0.2) is 35.7 Å². The fraction of sp³-hybridized carbons (Fsp3) is 0.600. The summed E-state index contributed by atoms with van der Waals surface area (Å²) in [6.45, 7) is 4.68. The molecule has 1 aromatic rings. The average molecular weight is 233 g/mol. The van der Waals surface area contributed by atoms with Crippen molar-refractivity contribution in [3.8, 4) is 0 Å². The summed E-state index contributed by atoms with van der Waals surface area (Å²) in [6, 6.07) is 8.97. The number of benzene rings is 1. The summed E-state index contributed by atoms with van der Waals surface area (Å²) >= 11 is 0. The van der Waals surface area contributed by atoms with Gasteiger partial charge in [-0.05, 0) is 44.8 Å². The molecule has 0 aromatic heterocycles. The maximum atomic E-state index is 9.55. The van der Waals surface area contributed by atoms with Crippen LogP contribution >= 0.6 is 0 Å². The number of aliphatic hydroxyl groups excluding tert-OH is 1. The van der Waals surface area contributed by atoms with E-state index in [0.717, 1.165) is 19.5 Å². The summed E-state index contributed by atoms with van der Waals surface area (Å²) in [5.41, 5.74) is 2.63. The van der Waals surface area contributed by atoms with Gasteiger partial charge < -0.3 is 5.11 Å². The molecule has 1 heterocycles. The van der Waals surface area contributed by atoms with Gasteiger partial charge in [-0.2, -0.15) is 0 Å². The van der Waals surface area contributed by atoms with Crippen LogP contribution in [0.4, 0.5) is 0 Å². The van der Waals surface area contributed by atoms with Gasteiger partial charge in [0.1, 0.15) is 0 Å². The zero-order chi connectivity index (χ0) is 12.1. The lowest BCUT2D eigenvalue weighted by Crippen LogP contribution is -2.42. The SMILES string of the molecule is Cc1ccc(CC(CO)N2CCCCC2)cc1. The highest BCUT2D eigenvalue weighted by Crippen LogP contribution is 2.15. The summed E-state index contributed by atoms with van der Waals surface area (Å²) < 4.78 is 0. The quantitative estimate of drug-likeness (QED) is 0.863. The second-order valence-corrected chi connectivity index (χ2v) is 5.12. The Balaban J connectivity index is 1.96. The van der Waals surface area contributed by atoms with Gasteiger partial charge in [0.15, 0.2) is 0 Å². The first-order chi connectivity index (χ1) is 8.29. The third-order valence-corrected chi connectivity index (χ3v) is 3.71. The van der Waals surface area contributed by atoms with Crippen molar-refractivity contribution in [3.63, 3.8) is 0 Å². The molecule has 0 saturated carbocycles. The van der Waals surface area contributed by atoms with E-state index >= 15 is 0 Å². The number of piperidine rings is 1. The van der Waals surface area contributed by atoms with Crippen LogP contribution in [-0.2, 0) is 6.42 Å². The van der Waals surface area contributed by atoms with Gasteiger partial charge in [0.2, 0.25) is 0 Å². The Morgan fingerprint density at radius 1 is 1.12 bits per heavy atom. The number of nitrogens with zero attached hydrogens (tertiary/aromatic N) is 1. The van der Waals surface area contributed by atoms with Gasteiger partial charge in [0.05, 0.1) is 6.61 Å². The first-order valence-electron chi connectivity index (χ1n) is 6.70. The Morgan fingerprint density at radius 3 is 2.35 bits per heavy atom. The van der Waals surface area contributed by atoms with E-state index in [4.69, 9.17) is 0 Å². The zero-order valence-electron chi connectivity index (χ0n) is 10.7. The molecule has 2 nitrogen and oxygen atoms in total. The third kappa shape index (κ3) is 3.55.